The molecule has 1 aromatic carbocycles. The second-order valence-corrected chi connectivity index (χ2v) is 5.93. The largest absolute Gasteiger partial charge is 0.497 e. The summed E-state index contributed by atoms with van der Waals surface area (Å²) < 4.78 is 10.6. The molecule has 0 aromatic heterocycles. The van der Waals surface area contributed by atoms with Crippen molar-refractivity contribution in [2.45, 2.75) is 25.3 Å². The Hall–Kier alpha value is -1.75. The maximum atomic E-state index is 12.5. The number of ether oxygens (including phenoxy) is 2. The second kappa shape index (κ2) is 7.49. The van der Waals surface area contributed by atoms with E-state index in [2.05, 4.69) is 19.0 Å². The van der Waals surface area contributed by atoms with Gasteiger partial charge in [0.1, 0.15) is 11.5 Å². The molecule has 0 aliphatic carbocycles. The smallest absolute Gasteiger partial charge is 0.227 e. The lowest BCUT2D eigenvalue weighted by Crippen LogP contribution is -2.45. The van der Waals surface area contributed by atoms with E-state index in [-0.39, 0.29) is 5.91 Å². The molecule has 22 heavy (non-hydrogen) atoms. The van der Waals surface area contributed by atoms with Crippen molar-refractivity contribution in [3.05, 3.63) is 23.8 Å². The van der Waals surface area contributed by atoms with Crippen molar-refractivity contribution in [3.63, 3.8) is 0 Å². The van der Waals surface area contributed by atoms with Gasteiger partial charge in [0.2, 0.25) is 5.91 Å². The SMILES string of the molecule is COc1ccc(OC)c(CC(=O)N2CCC(N(C)C)CC2)c1. The van der Waals surface area contributed by atoms with Crippen molar-refractivity contribution in [3.8, 4) is 11.5 Å². The van der Waals surface area contributed by atoms with Gasteiger partial charge in [0.15, 0.2) is 0 Å². The van der Waals surface area contributed by atoms with Gasteiger partial charge in [-0.1, -0.05) is 0 Å². The highest BCUT2D eigenvalue weighted by Crippen LogP contribution is 2.25. The fourth-order valence-electron chi connectivity index (χ4n) is 2.93. The molecule has 5 nitrogen and oxygen atoms in total. The fraction of sp³-hybridized carbons (Fsp3) is 0.588. The monoisotopic (exact) mass is 306 g/mol. The molecule has 0 N–H and O–H groups in total. The van der Waals surface area contributed by atoms with Crippen molar-refractivity contribution < 1.29 is 14.3 Å². The minimum absolute atomic E-state index is 0.156. The Morgan fingerprint density at radius 3 is 2.45 bits per heavy atom. The van der Waals surface area contributed by atoms with E-state index in [1.54, 1.807) is 14.2 Å². The third-order valence-electron chi connectivity index (χ3n) is 4.38. The average Bonchev–Trinajstić information content (AvgIpc) is 2.54. The maximum Gasteiger partial charge on any atom is 0.227 e. The van der Waals surface area contributed by atoms with Gasteiger partial charge in [-0.05, 0) is 45.1 Å². The Morgan fingerprint density at radius 2 is 1.91 bits per heavy atom. The Labute approximate surface area is 132 Å². The van der Waals surface area contributed by atoms with E-state index in [0.29, 0.717) is 12.5 Å². The summed E-state index contributed by atoms with van der Waals surface area (Å²) in [6.45, 7) is 1.65. The highest BCUT2D eigenvalue weighted by atomic mass is 16.5. The van der Waals surface area contributed by atoms with E-state index >= 15 is 0 Å². The van der Waals surface area contributed by atoms with Crippen LogP contribution in [0, 0.1) is 0 Å². The van der Waals surface area contributed by atoms with E-state index in [0.717, 1.165) is 43.0 Å². The molecule has 1 aliphatic heterocycles. The third-order valence-corrected chi connectivity index (χ3v) is 4.38. The van der Waals surface area contributed by atoms with Crippen molar-refractivity contribution >= 4 is 5.91 Å². The quantitative estimate of drug-likeness (QED) is 0.832. The molecule has 1 aromatic rings. The van der Waals surface area contributed by atoms with Crippen LogP contribution in [0.25, 0.3) is 0 Å². The molecule has 2 rings (SSSR count). The van der Waals surface area contributed by atoms with Crippen LogP contribution in [-0.4, -0.2) is 63.2 Å². The van der Waals surface area contributed by atoms with Crippen LogP contribution < -0.4 is 9.47 Å². The number of amides is 1. The van der Waals surface area contributed by atoms with E-state index in [4.69, 9.17) is 9.47 Å². The first kappa shape index (κ1) is 16.6. The molecule has 0 saturated carbocycles. The summed E-state index contributed by atoms with van der Waals surface area (Å²) in [4.78, 5) is 16.7. The summed E-state index contributed by atoms with van der Waals surface area (Å²) in [7, 11) is 7.45. The molecule has 122 valence electrons. The van der Waals surface area contributed by atoms with Gasteiger partial charge in [-0.2, -0.15) is 0 Å². The zero-order valence-electron chi connectivity index (χ0n) is 14.0. The van der Waals surface area contributed by atoms with Crippen LogP contribution in [0.5, 0.6) is 11.5 Å². The summed E-state index contributed by atoms with van der Waals surface area (Å²) in [6, 6.07) is 6.15. The van der Waals surface area contributed by atoms with Crippen LogP contribution in [-0.2, 0) is 11.2 Å². The third kappa shape index (κ3) is 3.91. The molecule has 1 fully saturated rings. The van der Waals surface area contributed by atoms with Crippen molar-refractivity contribution in [1.82, 2.24) is 9.80 Å². The van der Waals surface area contributed by atoms with Gasteiger partial charge in [-0.15, -0.1) is 0 Å². The number of rotatable bonds is 5. The van der Waals surface area contributed by atoms with Gasteiger partial charge in [0, 0.05) is 24.7 Å². The summed E-state index contributed by atoms with van der Waals surface area (Å²) >= 11 is 0. The molecular formula is C17H26N2O3. The number of carbonyl (C=O) groups is 1. The molecule has 0 bridgehead atoms. The number of methoxy groups -OCH3 is 2. The van der Waals surface area contributed by atoms with E-state index in [1.807, 2.05) is 23.1 Å². The van der Waals surface area contributed by atoms with E-state index in [1.165, 1.54) is 0 Å². The molecule has 1 amide bonds. The van der Waals surface area contributed by atoms with Gasteiger partial charge in [-0.3, -0.25) is 4.79 Å². The van der Waals surface area contributed by atoms with Crippen LogP contribution in [0.4, 0.5) is 0 Å². The highest BCUT2D eigenvalue weighted by molar-refractivity contribution is 5.79. The molecule has 0 unspecified atom stereocenters. The Balaban J connectivity index is 2.00. The minimum Gasteiger partial charge on any atom is -0.497 e. The van der Waals surface area contributed by atoms with Crippen LogP contribution in [0.2, 0.25) is 0 Å². The van der Waals surface area contributed by atoms with Crippen LogP contribution >= 0.6 is 0 Å². The van der Waals surface area contributed by atoms with Gasteiger partial charge < -0.3 is 19.3 Å². The first-order chi connectivity index (χ1) is 10.5. The molecule has 1 heterocycles. The Morgan fingerprint density at radius 1 is 1.23 bits per heavy atom. The second-order valence-electron chi connectivity index (χ2n) is 5.93. The van der Waals surface area contributed by atoms with E-state index < -0.39 is 0 Å². The van der Waals surface area contributed by atoms with Gasteiger partial charge >= 0.3 is 0 Å². The molecule has 0 atom stereocenters. The van der Waals surface area contributed by atoms with Crippen molar-refractivity contribution in [1.29, 1.82) is 0 Å². The zero-order valence-corrected chi connectivity index (χ0v) is 14.0. The molecule has 0 radical (unpaired) electrons. The highest BCUT2D eigenvalue weighted by Gasteiger charge is 2.24. The maximum absolute atomic E-state index is 12.5. The first-order valence-corrected chi connectivity index (χ1v) is 7.70. The lowest BCUT2D eigenvalue weighted by Gasteiger charge is -2.35. The van der Waals surface area contributed by atoms with Crippen LogP contribution in [0.3, 0.4) is 0 Å². The number of hydrogen-bond acceptors (Lipinski definition) is 4. The summed E-state index contributed by atoms with van der Waals surface area (Å²) in [5, 5.41) is 0. The summed E-state index contributed by atoms with van der Waals surface area (Å²) in [5.74, 6) is 1.64. The minimum atomic E-state index is 0.156. The molecule has 5 heteroatoms. The number of piperidine rings is 1. The van der Waals surface area contributed by atoms with Crippen LogP contribution in [0.1, 0.15) is 18.4 Å². The number of likely N-dealkylation sites (tertiary alicyclic amines) is 1. The average molecular weight is 306 g/mol. The topological polar surface area (TPSA) is 42.0 Å². The lowest BCUT2D eigenvalue weighted by molar-refractivity contribution is -0.131. The number of carbonyl (C=O) groups excluding carboxylic acids is 1. The first-order valence-electron chi connectivity index (χ1n) is 7.70. The summed E-state index contributed by atoms with van der Waals surface area (Å²) in [5.41, 5.74) is 0.876. The molecule has 1 saturated heterocycles. The zero-order chi connectivity index (χ0) is 16.1. The van der Waals surface area contributed by atoms with Crippen molar-refractivity contribution in [2.75, 3.05) is 41.4 Å². The Kier molecular flexibility index (Phi) is 5.66. The molecular weight excluding hydrogens is 280 g/mol. The summed E-state index contributed by atoms with van der Waals surface area (Å²) in [6.07, 6.45) is 2.43. The van der Waals surface area contributed by atoms with Gasteiger partial charge in [-0.25, -0.2) is 0 Å². The molecule has 0 spiro atoms. The predicted molar refractivity (Wildman–Crippen MR) is 86.5 cm³/mol. The number of nitrogens with zero attached hydrogens (tertiary/aromatic N) is 2. The normalized spacial score (nSPS) is 16.0. The fourth-order valence-corrected chi connectivity index (χ4v) is 2.93. The molecule has 1 aliphatic rings. The predicted octanol–water partition coefficient (Wildman–Crippen LogP) is 1.80. The van der Waals surface area contributed by atoms with Gasteiger partial charge in [0.25, 0.3) is 0 Å². The standard InChI is InChI=1S/C17H26N2O3/c1-18(2)14-7-9-19(10-8-14)17(20)12-13-11-15(21-3)5-6-16(13)22-4/h5-6,11,14H,7-10,12H2,1-4H3. The van der Waals surface area contributed by atoms with Crippen LogP contribution in [0.15, 0.2) is 18.2 Å². The van der Waals surface area contributed by atoms with Crippen molar-refractivity contribution in [2.24, 2.45) is 0 Å². The number of benzene rings is 1. The lowest BCUT2D eigenvalue weighted by atomic mass is 10.0. The Bertz CT molecular complexity index is 509. The van der Waals surface area contributed by atoms with Gasteiger partial charge in [0.05, 0.1) is 20.6 Å². The number of hydrogen-bond donors (Lipinski definition) is 0. The van der Waals surface area contributed by atoms with E-state index in [9.17, 15) is 4.79 Å².